The first-order chi connectivity index (χ1) is 14.4. The molecular weight excluding hydrogens is 414 g/mol. The largest absolute Gasteiger partial charge is 0.325 e. The first-order valence-corrected chi connectivity index (χ1v) is 12.1. The summed E-state index contributed by atoms with van der Waals surface area (Å²) in [6.07, 6.45) is 2.48. The van der Waals surface area contributed by atoms with Gasteiger partial charge in [-0.3, -0.25) is 13.9 Å². The van der Waals surface area contributed by atoms with Crippen molar-refractivity contribution in [2.75, 3.05) is 33.9 Å². The summed E-state index contributed by atoms with van der Waals surface area (Å²) in [6.45, 7) is 6.60. The second-order valence-corrected chi connectivity index (χ2v) is 10.7. The Morgan fingerprint density at radius 3 is 2.16 bits per heavy atom. The normalized spacial score (nSPS) is 14.6. The van der Waals surface area contributed by atoms with E-state index in [-0.39, 0.29) is 17.9 Å². The van der Waals surface area contributed by atoms with E-state index in [0.29, 0.717) is 24.3 Å². The van der Waals surface area contributed by atoms with Gasteiger partial charge in [-0.05, 0) is 53.8 Å². The summed E-state index contributed by atoms with van der Waals surface area (Å²) in [6, 6.07) is 14.2. The molecule has 0 aliphatic carbocycles. The summed E-state index contributed by atoms with van der Waals surface area (Å²) in [7, 11) is -3.65. The molecule has 8 heteroatoms. The molecule has 3 rings (SSSR count). The van der Waals surface area contributed by atoms with Crippen LogP contribution in [0.5, 0.6) is 0 Å². The molecule has 2 aromatic rings. The van der Waals surface area contributed by atoms with Crippen LogP contribution in [-0.4, -0.2) is 39.6 Å². The van der Waals surface area contributed by atoms with Crippen LogP contribution in [0.15, 0.2) is 48.5 Å². The lowest BCUT2D eigenvalue weighted by molar-refractivity contribution is -0.117. The molecule has 1 N–H and O–H groups in total. The molecule has 0 aromatic heterocycles. The lowest BCUT2D eigenvalue weighted by atomic mass is 9.87. The van der Waals surface area contributed by atoms with Crippen LogP contribution >= 0.6 is 0 Å². The fourth-order valence-corrected chi connectivity index (χ4v) is 4.36. The maximum atomic E-state index is 12.6. The van der Waals surface area contributed by atoms with E-state index in [4.69, 9.17) is 0 Å². The van der Waals surface area contributed by atoms with Gasteiger partial charge in [-0.1, -0.05) is 32.9 Å². The number of sulfonamides is 1. The summed E-state index contributed by atoms with van der Waals surface area (Å²) in [5, 5.41) is 2.73. The molecular formula is C23H29N3O4S. The van der Waals surface area contributed by atoms with Crippen LogP contribution in [0, 0.1) is 0 Å². The van der Waals surface area contributed by atoms with E-state index in [1.165, 1.54) is 0 Å². The Morgan fingerprint density at radius 2 is 1.68 bits per heavy atom. The van der Waals surface area contributed by atoms with Crippen molar-refractivity contribution in [3.63, 3.8) is 0 Å². The molecule has 1 saturated heterocycles. The van der Waals surface area contributed by atoms with Gasteiger partial charge < -0.3 is 10.2 Å². The second kappa shape index (κ2) is 8.70. The number of benzene rings is 2. The van der Waals surface area contributed by atoms with Crippen molar-refractivity contribution in [3.05, 3.63) is 54.1 Å². The van der Waals surface area contributed by atoms with Crippen molar-refractivity contribution in [2.24, 2.45) is 0 Å². The third kappa shape index (κ3) is 5.64. The molecule has 31 heavy (non-hydrogen) atoms. The smallest absolute Gasteiger partial charge is 0.245 e. The van der Waals surface area contributed by atoms with Crippen LogP contribution in [0.4, 0.5) is 17.1 Å². The maximum Gasteiger partial charge on any atom is 0.245 e. The fourth-order valence-electron chi connectivity index (χ4n) is 3.50. The van der Waals surface area contributed by atoms with Gasteiger partial charge in [0.25, 0.3) is 0 Å². The Bertz CT molecular complexity index is 1060. The zero-order chi connectivity index (χ0) is 22.8. The molecule has 7 nitrogen and oxygen atoms in total. The predicted molar refractivity (Wildman–Crippen MR) is 124 cm³/mol. The third-order valence-electron chi connectivity index (χ3n) is 5.25. The number of rotatable bonds is 6. The maximum absolute atomic E-state index is 12.6. The number of anilines is 3. The van der Waals surface area contributed by atoms with E-state index in [1.54, 1.807) is 41.3 Å². The molecule has 0 bridgehead atoms. The Hall–Kier alpha value is -2.87. The van der Waals surface area contributed by atoms with Crippen LogP contribution in [0.3, 0.4) is 0 Å². The Labute approximate surface area is 184 Å². The standard InChI is InChI=1S/C23H29N3O4S/c1-23(2,3)17-7-11-20(12-8-17)26(31(4,29)30)16-21(27)24-18-9-13-19(14-10-18)25-15-5-6-22(25)28/h7-14H,5-6,15-16H2,1-4H3,(H,24,27). The minimum atomic E-state index is -3.65. The van der Waals surface area contributed by atoms with E-state index in [1.807, 2.05) is 12.1 Å². The SMILES string of the molecule is CC(C)(C)c1ccc(N(CC(=O)Nc2ccc(N3CCCC3=O)cc2)S(C)(=O)=O)cc1. The highest BCUT2D eigenvalue weighted by atomic mass is 32.2. The number of nitrogens with zero attached hydrogens (tertiary/aromatic N) is 2. The monoisotopic (exact) mass is 443 g/mol. The molecule has 1 aliphatic rings. The molecule has 0 radical (unpaired) electrons. The Morgan fingerprint density at radius 1 is 1.06 bits per heavy atom. The number of amides is 2. The van der Waals surface area contributed by atoms with Crippen molar-refractivity contribution in [3.8, 4) is 0 Å². The molecule has 0 saturated carbocycles. The Balaban J connectivity index is 1.71. The average Bonchev–Trinajstić information content (AvgIpc) is 3.11. The molecule has 0 unspecified atom stereocenters. The number of nitrogens with one attached hydrogen (secondary N) is 1. The van der Waals surface area contributed by atoms with Crippen LogP contribution in [0.1, 0.15) is 39.2 Å². The van der Waals surface area contributed by atoms with Crippen LogP contribution < -0.4 is 14.5 Å². The zero-order valence-electron chi connectivity index (χ0n) is 18.4. The average molecular weight is 444 g/mol. The molecule has 1 fully saturated rings. The zero-order valence-corrected chi connectivity index (χ0v) is 19.2. The van der Waals surface area contributed by atoms with E-state index >= 15 is 0 Å². The van der Waals surface area contributed by atoms with Gasteiger partial charge in [0, 0.05) is 24.3 Å². The van der Waals surface area contributed by atoms with Gasteiger partial charge in [0.2, 0.25) is 21.8 Å². The summed E-state index contributed by atoms with van der Waals surface area (Å²) >= 11 is 0. The minimum absolute atomic E-state index is 0.0579. The topological polar surface area (TPSA) is 86.8 Å². The molecule has 0 atom stereocenters. The summed E-state index contributed by atoms with van der Waals surface area (Å²) < 4.78 is 25.8. The van der Waals surface area contributed by atoms with Gasteiger partial charge >= 0.3 is 0 Å². The number of hydrogen-bond donors (Lipinski definition) is 1. The highest BCUT2D eigenvalue weighted by Gasteiger charge is 2.23. The first kappa shape index (κ1) is 22.8. The van der Waals surface area contributed by atoms with Gasteiger partial charge in [-0.15, -0.1) is 0 Å². The van der Waals surface area contributed by atoms with E-state index in [9.17, 15) is 18.0 Å². The van der Waals surface area contributed by atoms with Gasteiger partial charge in [-0.2, -0.15) is 0 Å². The molecule has 2 aromatic carbocycles. The minimum Gasteiger partial charge on any atom is -0.325 e. The lowest BCUT2D eigenvalue weighted by Gasteiger charge is -2.24. The van der Waals surface area contributed by atoms with E-state index in [2.05, 4.69) is 26.1 Å². The van der Waals surface area contributed by atoms with Crippen molar-refractivity contribution in [1.82, 2.24) is 0 Å². The van der Waals surface area contributed by atoms with Crippen molar-refractivity contribution >= 4 is 38.9 Å². The summed E-state index contributed by atoms with van der Waals surface area (Å²) in [5.74, 6) is -0.353. The third-order valence-corrected chi connectivity index (χ3v) is 6.39. The predicted octanol–water partition coefficient (Wildman–Crippen LogP) is 3.52. The highest BCUT2D eigenvalue weighted by Crippen LogP contribution is 2.26. The summed E-state index contributed by atoms with van der Waals surface area (Å²) in [5.41, 5.74) is 2.78. The molecule has 1 heterocycles. The number of carbonyl (C=O) groups is 2. The van der Waals surface area contributed by atoms with Gasteiger partial charge in [0.15, 0.2) is 0 Å². The van der Waals surface area contributed by atoms with Crippen molar-refractivity contribution in [1.29, 1.82) is 0 Å². The van der Waals surface area contributed by atoms with Crippen molar-refractivity contribution in [2.45, 2.75) is 39.0 Å². The quantitative estimate of drug-likeness (QED) is 0.740. The van der Waals surface area contributed by atoms with Crippen LogP contribution in [0.25, 0.3) is 0 Å². The van der Waals surface area contributed by atoms with E-state index in [0.717, 1.165) is 28.2 Å². The molecule has 2 amide bonds. The lowest BCUT2D eigenvalue weighted by Crippen LogP contribution is -2.37. The summed E-state index contributed by atoms with van der Waals surface area (Å²) in [4.78, 5) is 26.2. The fraction of sp³-hybridized carbons (Fsp3) is 0.391. The van der Waals surface area contributed by atoms with Crippen LogP contribution in [-0.2, 0) is 25.0 Å². The second-order valence-electron chi connectivity index (χ2n) is 8.81. The van der Waals surface area contributed by atoms with Crippen molar-refractivity contribution < 1.29 is 18.0 Å². The van der Waals surface area contributed by atoms with Gasteiger partial charge in [0.05, 0.1) is 11.9 Å². The molecule has 1 aliphatic heterocycles. The van der Waals surface area contributed by atoms with E-state index < -0.39 is 15.9 Å². The number of carbonyl (C=O) groups excluding carboxylic acids is 2. The molecule has 0 spiro atoms. The molecule has 166 valence electrons. The van der Waals surface area contributed by atoms with Crippen LogP contribution in [0.2, 0.25) is 0 Å². The number of hydrogen-bond acceptors (Lipinski definition) is 4. The first-order valence-electron chi connectivity index (χ1n) is 10.2. The van der Waals surface area contributed by atoms with Gasteiger partial charge in [-0.25, -0.2) is 8.42 Å². The Kier molecular flexibility index (Phi) is 6.40. The van der Waals surface area contributed by atoms with Gasteiger partial charge in [0.1, 0.15) is 6.54 Å². The highest BCUT2D eigenvalue weighted by molar-refractivity contribution is 7.92.